The van der Waals surface area contributed by atoms with Crippen molar-refractivity contribution in [2.45, 2.75) is 44.9 Å². The third kappa shape index (κ3) is 7.48. The summed E-state index contributed by atoms with van der Waals surface area (Å²) >= 11 is 1.60. The van der Waals surface area contributed by atoms with Crippen LogP contribution < -0.4 is 0 Å². The van der Waals surface area contributed by atoms with E-state index in [1.54, 1.807) is 33.3 Å². The van der Waals surface area contributed by atoms with Crippen molar-refractivity contribution < 1.29 is 18.7 Å². The number of benzene rings is 3. The molecule has 1 aliphatic heterocycles. The van der Waals surface area contributed by atoms with Crippen molar-refractivity contribution in [3.05, 3.63) is 129 Å². The molecule has 1 saturated heterocycles. The van der Waals surface area contributed by atoms with Crippen LogP contribution in [0.15, 0.2) is 96.4 Å². The Kier molecular flexibility index (Phi) is 9.59. The number of rotatable bonds is 11. The van der Waals surface area contributed by atoms with Gasteiger partial charge >= 0.3 is 0 Å². The number of amides is 2. The predicted molar refractivity (Wildman–Crippen MR) is 160 cm³/mol. The Hall–Kier alpha value is -3.81. The van der Waals surface area contributed by atoms with E-state index in [1.165, 1.54) is 12.1 Å². The van der Waals surface area contributed by atoms with E-state index in [4.69, 9.17) is 4.74 Å². The average molecular weight is 571 g/mol. The maximum atomic E-state index is 14.4. The third-order valence-electron chi connectivity index (χ3n) is 7.54. The van der Waals surface area contributed by atoms with Crippen LogP contribution in [-0.4, -0.2) is 47.4 Å². The molecule has 0 radical (unpaired) electrons. The molecule has 1 aliphatic rings. The van der Waals surface area contributed by atoms with Gasteiger partial charge in [-0.1, -0.05) is 72.8 Å². The van der Waals surface area contributed by atoms with Crippen molar-refractivity contribution in [1.82, 2.24) is 9.80 Å². The van der Waals surface area contributed by atoms with Crippen molar-refractivity contribution in [3.63, 3.8) is 0 Å². The monoisotopic (exact) mass is 570 g/mol. The van der Waals surface area contributed by atoms with Crippen LogP contribution in [0.4, 0.5) is 4.39 Å². The van der Waals surface area contributed by atoms with Crippen LogP contribution in [0, 0.1) is 12.7 Å². The van der Waals surface area contributed by atoms with Crippen LogP contribution in [0.25, 0.3) is 0 Å². The molecule has 7 heteroatoms. The van der Waals surface area contributed by atoms with Crippen LogP contribution >= 0.6 is 11.3 Å². The number of hydrogen-bond donors (Lipinski definition) is 0. The fraction of sp³-hybridized carbons (Fsp3) is 0.294. The highest BCUT2D eigenvalue weighted by Gasteiger charge is 2.32. The van der Waals surface area contributed by atoms with Crippen molar-refractivity contribution in [3.8, 4) is 0 Å². The standard InChI is InChI=1S/C34H35FN2O3S/c1-25-18-20-41-31(25)23-36(21-26-14-16-29(35)17-15-26)32(38)24-37(22-30-13-8-19-40-30)34(39)33(27-9-4-2-5-10-27)28-11-6-3-7-12-28/h2-7,9-12,14-18,20,30,33H,8,13,19,21-24H2,1H3. The van der Waals surface area contributed by atoms with Gasteiger partial charge in [0, 0.05) is 24.6 Å². The molecule has 0 N–H and O–H groups in total. The first-order valence-electron chi connectivity index (χ1n) is 14.0. The van der Waals surface area contributed by atoms with Gasteiger partial charge in [-0.15, -0.1) is 11.3 Å². The lowest BCUT2D eigenvalue weighted by atomic mass is 9.90. The zero-order chi connectivity index (χ0) is 28.6. The Bertz CT molecular complexity index is 1380. The highest BCUT2D eigenvalue weighted by Crippen LogP contribution is 2.28. The van der Waals surface area contributed by atoms with Gasteiger partial charge in [-0.25, -0.2) is 4.39 Å². The van der Waals surface area contributed by atoms with Gasteiger partial charge in [0.25, 0.3) is 0 Å². The smallest absolute Gasteiger partial charge is 0.242 e. The molecular formula is C34H35FN2O3S. The van der Waals surface area contributed by atoms with E-state index in [9.17, 15) is 14.0 Å². The van der Waals surface area contributed by atoms with Gasteiger partial charge < -0.3 is 14.5 Å². The number of carbonyl (C=O) groups is 2. The minimum absolute atomic E-state index is 0.0690. The average Bonchev–Trinajstić information content (AvgIpc) is 3.66. The molecular weight excluding hydrogens is 535 g/mol. The number of nitrogens with zero attached hydrogens (tertiary/aromatic N) is 2. The minimum atomic E-state index is -0.545. The molecule has 41 heavy (non-hydrogen) atoms. The highest BCUT2D eigenvalue weighted by molar-refractivity contribution is 7.10. The summed E-state index contributed by atoms with van der Waals surface area (Å²) in [5.74, 6) is -1.15. The number of thiophene rings is 1. The van der Waals surface area contributed by atoms with Gasteiger partial charge in [-0.3, -0.25) is 9.59 Å². The summed E-state index contributed by atoms with van der Waals surface area (Å²) in [7, 11) is 0. The van der Waals surface area contributed by atoms with Gasteiger partial charge in [-0.05, 0) is 65.6 Å². The van der Waals surface area contributed by atoms with Crippen molar-refractivity contribution in [2.75, 3.05) is 19.7 Å². The largest absolute Gasteiger partial charge is 0.376 e. The lowest BCUT2D eigenvalue weighted by Crippen LogP contribution is -2.47. The fourth-order valence-electron chi connectivity index (χ4n) is 5.26. The molecule has 0 bridgehead atoms. The summed E-state index contributed by atoms with van der Waals surface area (Å²) in [6.07, 6.45) is 1.69. The number of halogens is 1. The Labute approximate surface area is 245 Å². The molecule has 5 rings (SSSR count). The van der Waals surface area contributed by atoms with E-state index in [0.29, 0.717) is 26.2 Å². The van der Waals surface area contributed by atoms with Crippen molar-refractivity contribution >= 4 is 23.2 Å². The van der Waals surface area contributed by atoms with Gasteiger partial charge in [0.1, 0.15) is 5.82 Å². The van der Waals surface area contributed by atoms with E-state index >= 15 is 0 Å². The van der Waals surface area contributed by atoms with Crippen LogP contribution in [0.5, 0.6) is 0 Å². The molecule has 3 aromatic carbocycles. The number of hydrogen-bond acceptors (Lipinski definition) is 4. The zero-order valence-corrected chi connectivity index (χ0v) is 24.1. The molecule has 4 aromatic rings. The first-order valence-corrected chi connectivity index (χ1v) is 14.9. The summed E-state index contributed by atoms with van der Waals surface area (Å²) in [5.41, 5.74) is 3.71. The van der Waals surface area contributed by atoms with E-state index in [2.05, 4.69) is 0 Å². The normalized spacial score (nSPS) is 14.8. The molecule has 0 aliphatic carbocycles. The molecule has 1 atom stereocenters. The van der Waals surface area contributed by atoms with Crippen molar-refractivity contribution in [2.24, 2.45) is 0 Å². The summed E-state index contributed by atoms with van der Waals surface area (Å²) in [6, 6.07) is 27.7. The topological polar surface area (TPSA) is 49.9 Å². The Balaban J connectivity index is 1.45. The zero-order valence-electron chi connectivity index (χ0n) is 23.2. The van der Waals surface area contributed by atoms with E-state index in [0.717, 1.165) is 40.0 Å². The SMILES string of the molecule is Cc1ccsc1CN(Cc1ccc(F)cc1)C(=O)CN(CC1CCCO1)C(=O)C(c1ccccc1)c1ccccc1. The summed E-state index contributed by atoms with van der Waals surface area (Å²) < 4.78 is 19.5. The Morgan fingerprint density at radius 3 is 2.12 bits per heavy atom. The molecule has 0 saturated carbocycles. The van der Waals surface area contributed by atoms with E-state index < -0.39 is 5.92 Å². The number of carbonyl (C=O) groups excluding carboxylic acids is 2. The van der Waals surface area contributed by atoms with Crippen LogP contribution in [-0.2, 0) is 27.4 Å². The van der Waals surface area contributed by atoms with Gasteiger partial charge in [0.05, 0.1) is 25.1 Å². The molecule has 1 fully saturated rings. The van der Waals surface area contributed by atoms with Gasteiger partial charge in [0.2, 0.25) is 11.8 Å². The minimum Gasteiger partial charge on any atom is -0.376 e. The second-order valence-corrected chi connectivity index (χ2v) is 11.5. The highest BCUT2D eigenvalue weighted by atomic mass is 32.1. The fourth-order valence-corrected chi connectivity index (χ4v) is 6.18. The lowest BCUT2D eigenvalue weighted by molar-refractivity contribution is -0.142. The first kappa shape index (κ1) is 28.7. The predicted octanol–water partition coefficient (Wildman–Crippen LogP) is 6.56. The molecule has 1 aromatic heterocycles. The molecule has 5 nitrogen and oxygen atoms in total. The second kappa shape index (κ2) is 13.7. The summed E-state index contributed by atoms with van der Waals surface area (Å²) in [4.78, 5) is 33.0. The molecule has 0 spiro atoms. The third-order valence-corrected chi connectivity index (χ3v) is 8.55. The molecule has 1 unspecified atom stereocenters. The van der Waals surface area contributed by atoms with Crippen molar-refractivity contribution in [1.29, 1.82) is 0 Å². The molecule has 212 valence electrons. The van der Waals surface area contributed by atoms with Crippen LogP contribution in [0.2, 0.25) is 0 Å². The lowest BCUT2D eigenvalue weighted by Gasteiger charge is -2.32. The first-order chi connectivity index (χ1) is 20.0. The van der Waals surface area contributed by atoms with Gasteiger partial charge in [0.15, 0.2) is 0 Å². The van der Waals surface area contributed by atoms with Crippen LogP contribution in [0.3, 0.4) is 0 Å². The quantitative estimate of drug-likeness (QED) is 0.205. The maximum Gasteiger partial charge on any atom is 0.242 e. The van der Waals surface area contributed by atoms with Gasteiger partial charge in [-0.2, -0.15) is 0 Å². The second-order valence-electron chi connectivity index (χ2n) is 10.5. The number of aryl methyl sites for hydroxylation is 1. The van der Waals surface area contributed by atoms with E-state index in [1.807, 2.05) is 79.0 Å². The number of ether oxygens (including phenoxy) is 1. The summed E-state index contributed by atoms with van der Waals surface area (Å²) in [5, 5.41) is 2.02. The summed E-state index contributed by atoms with van der Waals surface area (Å²) in [6.45, 7) is 3.71. The molecule has 2 amide bonds. The Morgan fingerprint density at radius 1 is 0.902 bits per heavy atom. The maximum absolute atomic E-state index is 14.4. The molecule has 2 heterocycles. The van der Waals surface area contributed by atoms with Crippen LogP contribution in [0.1, 0.15) is 45.9 Å². The van der Waals surface area contributed by atoms with E-state index in [-0.39, 0.29) is 30.3 Å². The Morgan fingerprint density at radius 2 is 1.56 bits per heavy atom.